The highest BCUT2D eigenvalue weighted by atomic mass is 32.2. The Morgan fingerprint density at radius 2 is 1.92 bits per heavy atom. The predicted molar refractivity (Wildman–Crippen MR) is 103 cm³/mol. The molecule has 0 aliphatic rings. The van der Waals surface area contributed by atoms with Crippen LogP contribution < -0.4 is 5.32 Å². The van der Waals surface area contributed by atoms with Gasteiger partial charge >= 0.3 is 0 Å². The maximum atomic E-state index is 12.9. The molecule has 0 saturated heterocycles. The molecule has 0 unspecified atom stereocenters. The Morgan fingerprint density at radius 3 is 2.65 bits per heavy atom. The molecule has 2 aromatic carbocycles. The van der Waals surface area contributed by atoms with Gasteiger partial charge in [0.25, 0.3) is 0 Å². The molecule has 0 fully saturated rings. The highest BCUT2D eigenvalue weighted by Gasteiger charge is 2.14. The van der Waals surface area contributed by atoms with Crippen molar-refractivity contribution >= 4 is 50.8 Å². The number of amides is 2. The Morgan fingerprint density at radius 1 is 1.19 bits per heavy atom. The lowest BCUT2D eigenvalue weighted by Gasteiger charge is -2.16. The van der Waals surface area contributed by atoms with Crippen molar-refractivity contribution in [2.24, 2.45) is 0 Å². The van der Waals surface area contributed by atoms with Gasteiger partial charge in [0, 0.05) is 12.7 Å². The first kappa shape index (κ1) is 18.3. The molecule has 0 spiro atoms. The molecular formula is C18H16FN3O2S2. The quantitative estimate of drug-likeness (QED) is 0.654. The Labute approximate surface area is 158 Å². The fourth-order valence-electron chi connectivity index (χ4n) is 2.18. The van der Waals surface area contributed by atoms with Crippen molar-refractivity contribution in [3.8, 4) is 0 Å². The second kappa shape index (κ2) is 8.29. The minimum absolute atomic E-state index is 0.0728. The minimum Gasteiger partial charge on any atom is -0.336 e. The van der Waals surface area contributed by atoms with Crippen LogP contribution in [-0.2, 0) is 9.59 Å². The van der Waals surface area contributed by atoms with E-state index in [9.17, 15) is 14.0 Å². The van der Waals surface area contributed by atoms with Gasteiger partial charge in [-0.25, -0.2) is 9.37 Å². The van der Waals surface area contributed by atoms with E-state index in [0.29, 0.717) is 5.69 Å². The molecule has 134 valence electrons. The molecule has 0 aliphatic carbocycles. The van der Waals surface area contributed by atoms with Crippen molar-refractivity contribution in [2.45, 2.75) is 4.34 Å². The molecule has 1 heterocycles. The van der Waals surface area contributed by atoms with Crippen LogP contribution in [0, 0.1) is 5.82 Å². The van der Waals surface area contributed by atoms with Crippen LogP contribution in [0.5, 0.6) is 0 Å². The van der Waals surface area contributed by atoms with E-state index in [4.69, 9.17) is 0 Å². The van der Waals surface area contributed by atoms with Crippen LogP contribution in [0.4, 0.5) is 10.1 Å². The highest BCUT2D eigenvalue weighted by Crippen LogP contribution is 2.29. The molecule has 1 N–H and O–H groups in total. The summed E-state index contributed by atoms with van der Waals surface area (Å²) in [6, 6.07) is 13.3. The fraction of sp³-hybridized carbons (Fsp3) is 0.167. The molecule has 0 saturated carbocycles. The van der Waals surface area contributed by atoms with Crippen molar-refractivity contribution < 1.29 is 14.0 Å². The Bertz CT molecular complexity index is 895. The number of fused-ring (bicyclic) bond motifs is 1. The summed E-state index contributed by atoms with van der Waals surface area (Å²) in [4.78, 5) is 30.0. The summed E-state index contributed by atoms with van der Waals surface area (Å²) in [5, 5.41) is 2.63. The molecule has 2 amide bonds. The molecule has 0 atom stereocenters. The molecule has 0 bridgehead atoms. The fourth-order valence-corrected chi connectivity index (χ4v) is 4.19. The minimum atomic E-state index is -0.373. The molecule has 0 radical (unpaired) electrons. The maximum absolute atomic E-state index is 12.9. The van der Waals surface area contributed by atoms with E-state index < -0.39 is 0 Å². The zero-order valence-electron chi connectivity index (χ0n) is 13.9. The number of carbonyl (C=O) groups excluding carboxylic acids is 2. The average Bonchev–Trinajstić information content (AvgIpc) is 3.04. The molecular weight excluding hydrogens is 373 g/mol. The second-order valence-corrected chi connectivity index (χ2v) is 7.79. The van der Waals surface area contributed by atoms with Gasteiger partial charge in [0.2, 0.25) is 11.8 Å². The third-order valence-corrected chi connectivity index (χ3v) is 5.69. The number of benzene rings is 2. The summed E-state index contributed by atoms with van der Waals surface area (Å²) in [6.07, 6.45) is 0. The Balaban J connectivity index is 1.49. The number of carbonyl (C=O) groups is 2. The van der Waals surface area contributed by atoms with Crippen LogP contribution in [0.2, 0.25) is 0 Å². The third-order valence-electron chi connectivity index (χ3n) is 3.53. The summed E-state index contributed by atoms with van der Waals surface area (Å²) in [5.41, 5.74) is 1.40. The zero-order valence-corrected chi connectivity index (χ0v) is 15.6. The van der Waals surface area contributed by atoms with Gasteiger partial charge in [0.05, 0.1) is 22.5 Å². The second-order valence-electron chi connectivity index (χ2n) is 5.54. The third kappa shape index (κ3) is 4.80. The van der Waals surface area contributed by atoms with E-state index in [2.05, 4.69) is 10.3 Å². The summed E-state index contributed by atoms with van der Waals surface area (Å²) >= 11 is 2.90. The summed E-state index contributed by atoms with van der Waals surface area (Å²) in [6.45, 7) is -0.0728. The number of halogens is 1. The SMILES string of the molecule is CN(CC(=O)Nc1ccc(F)cc1)C(=O)CSc1nc2ccccc2s1. The summed E-state index contributed by atoms with van der Waals surface area (Å²) < 4.78 is 14.8. The van der Waals surface area contributed by atoms with Gasteiger partial charge in [0.1, 0.15) is 5.82 Å². The van der Waals surface area contributed by atoms with Crippen molar-refractivity contribution in [1.82, 2.24) is 9.88 Å². The summed E-state index contributed by atoms with van der Waals surface area (Å²) in [7, 11) is 1.57. The van der Waals surface area contributed by atoms with Crippen molar-refractivity contribution in [3.05, 3.63) is 54.3 Å². The number of thiazole rings is 1. The van der Waals surface area contributed by atoms with E-state index in [1.807, 2.05) is 24.3 Å². The lowest BCUT2D eigenvalue weighted by Crippen LogP contribution is -2.35. The van der Waals surface area contributed by atoms with Gasteiger partial charge < -0.3 is 10.2 Å². The van der Waals surface area contributed by atoms with E-state index >= 15 is 0 Å². The molecule has 8 heteroatoms. The van der Waals surface area contributed by atoms with Crippen molar-refractivity contribution in [1.29, 1.82) is 0 Å². The monoisotopic (exact) mass is 389 g/mol. The van der Waals surface area contributed by atoms with E-state index in [1.165, 1.54) is 52.3 Å². The molecule has 1 aromatic heterocycles. The molecule has 5 nitrogen and oxygen atoms in total. The van der Waals surface area contributed by atoms with E-state index in [-0.39, 0.29) is 29.9 Å². The van der Waals surface area contributed by atoms with Crippen LogP contribution >= 0.6 is 23.1 Å². The van der Waals surface area contributed by atoms with Crippen molar-refractivity contribution in [2.75, 3.05) is 24.7 Å². The van der Waals surface area contributed by atoms with Crippen LogP contribution in [0.25, 0.3) is 10.2 Å². The molecule has 0 aliphatic heterocycles. The standard InChI is InChI=1S/C18H16FN3O2S2/c1-22(10-16(23)20-13-8-6-12(19)7-9-13)17(24)11-25-18-21-14-4-2-3-5-15(14)26-18/h2-9H,10-11H2,1H3,(H,20,23). The van der Waals surface area contributed by atoms with Crippen LogP contribution in [-0.4, -0.2) is 41.0 Å². The average molecular weight is 389 g/mol. The largest absolute Gasteiger partial charge is 0.336 e. The topological polar surface area (TPSA) is 62.3 Å². The predicted octanol–water partition coefficient (Wildman–Crippen LogP) is 3.62. The number of anilines is 1. The number of hydrogen-bond donors (Lipinski definition) is 1. The first-order chi connectivity index (χ1) is 12.5. The lowest BCUT2D eigenvalue weighted by atomic mass is 10.3. The van der Waals surface area contributed by atoms with Gasteiger partial charge in [-0.05, 0) is 36.4 Å². The first-order valence-electron chi connectivity index (χ1n) is 7.79. The maximum Gasteiger partial charge on any atom is 0.243 e. The Hall–Kier alpha value is -2.45. The number of aromatic nitrogens is 1. The van der Waals surface area contributed by atoms with Gasteiger partial charge in [-0.3, -0.25) is 9.59 Å². The number of likely N-dealkylation sites (N-methyl/N-ethyl adjacent to an activating group) is 1. The normalized spacial score (nSPS) is 10.7. The van der Waals surface area contributed by atoms with E-state index in [0.717, 1.165) is 14.6 Å². The lowest BCUT2D eigenvalue weighted by molar-refractivity contribution is -0.131. The van der Waals surface area contributed by atoms with E-state index in [1.54, 1.807) is 7.05 Å². The first-order valence-corrected chi connectivity index (χ1v) is 9.59. The van der Waals surface area contributed by atoms with Crippen LogP contribution in [0.1, 0.15) is 0 Å². The zero-order chi connectivity index (χ0) is 18.5. The number of rotatable bonds is 6. The van der Waals surface area contributed by atoms with Gasteiger partial charge in [-0.2, -0.15) is 0 Å². The van der Waals surface area contributed by atoms with Crippen LogP contribution in [0.3, 0.4) is 0 Å². The molecule has 3 aromatic rings. The van der Waals surface area contributed by atoms with Crippen molar-refractivity contribution in [3.63, 3.8) is 0 Å². The molecule has 3 rings (SSSR count). The number of thioether (sulfide) groups is 1. The van der Waals surface area contributed by atoms with Crippen LogP contribution in [0.15, 0.2) is 52.9 Å². The van der Waals surface area contributed by atoms with Gasteiger partial charge in [-0.1, -0.05) is 23.9 Å². The Kier molecular flexibility index (Phi) is 5.85. The number of nitrogens with one attached hydrogen (secondary N) is 1. The number of nitrogens with zero attached hydrogens (tertiary/aromatic N) is 2. The molecule has 26 heavy (non-hydrogen) atoms. The smallest absolute Gasteiger partial charge is 0.243 e. The number of para-hydroxylation sites is 1. The van der Waals surface area contributed by atoms with Gasteiger partial charge in [-0.15, -0.1) is 11.3 Å². The highest BCUT2D eigenvalue weighted by molar-refractivity contribution is 8.01. The van der Waals surface area contributed by atoms with Gasteiger partial charge in [0.15, 0.2) is 4.34 Å². The summed E-state index contributed by atoms with van der Waals surface area (Å²) in [5.74, 6) is -0.664. The number of hydrogen-bond acceptors (Lipinski definition) is 5.